The first-order valence-electron chi connectivity index (χ1n) is 11.5. The van der Waals surface area contributed by atoms with Crippen molar-refractivity contribution in [1.82, 2.24) is 10.2 Å². The summed E-state index contributed by atoms with van der Waals surface area (Å²) in [5.41, 5.74) is 5.92. The number of anilines is 1. The molecule has 188 valence electrons. The number of carbonyl (C=O) groups excluding carboxylic acids is 3. The van der Waals surface area contributed by atoms with Crippen molar-refractivity contribution in [2.45, 2.75) is 50.4 Å². The maximum absolute atomic E-state index is 13.0. The second-order valence-electron chi connectivity index (χ2n) is 8.55. The third-order valence-corrected chi connectivity index (χ3v) is 5.84. The van der Waals surface area contributed by atoms with Crippen LogP contribution in [0.3, 0.4) is 0 Å². The molecule has 7 nitrogen and oxygen atoms in total. The minimum atomic E-state index is -4.56. The Balaban J connectivity index is 1.68. The highest BCUT2D eigenvalue weighted by molar-refractivity contribution is 5.98. The average Bonchev–Trinajstić information content (AvgIpc) is 3.37. The summed E-state index contributed by atoms with van der Waals surface area (Å²) in [6, 6.07) is 11.3. The number of halogens is 3. The molecule has 1 saturated heterocycles. The van der Waals surface area contributed by atoms with Crippen molar-refractivity contribution >= 4 is 23.4 Å². The van der Waals surface area contributed by atoms with Gasteiger partial charge < -0.3 is 21.3 Å². The van der Waals surface area contributed by atoms with E-state index in [-0.39, 0.29) is 24.4 Å². The van der Waals surface area contributed by atoms with Gasteiger partial charge in [-0.1, -0.05) is 36.4 Å². The van der Waals surface area contributed by atoms with Crippen LogP contribution < -0.4 is 16.4 Å². The van der Waals surface area contributed by atoms with E-state index in [1.54, 1.807) is 4.90 Å². The molecule has 0 radical (unpaired) electrons. The Bertz CT molecular complexity index is 1020. The summed E-state index contributed by atoms with van der Waals surface area (Å²) in [5, 5.41) is 5.03. The number of likely N-dealkylation sites (tertiary alicyclic amines) is 1. The van der Waals surface area contributed by atoms with Crippen LogP contribution in [0.2, 0.25) is 0 Å². The van der Waals surface area contributed by atoms with Crippen LogP contribution in [0.25, 0.3) is 0 Å². The van der Waals surface area contributed by atoms with Crippen LogP contribution in [0.4, 0.5) is 18.9 Å². The smallest absolute Gasteiger partial charge is 0.343 e. The quantitative estimate of drug-likeness (QED) is 0.503. The summed E-state index contributed by atoms with van der Waals surface area (Å²) in [7, 11) is 0. The van der Waals surface area contributed by atoms with Gasteiger partial charge in [-0.15, -0.1) is 0 Å². The molecule has 35 heavy (non-hydrogen) atoms. The van der Waals surface area contributed by atoms with Gasteiger partial charge >= 0.3 is 6.18 Å². The lowest BCUT2D eigenvalue weighted by molar-refractivity contribution is -0.137. The Morgan fingerprint density at radius 2 is 1.66 bits per heavy atom. The van der Waals surface area contributed by atoms with Gasteiger partial charge in [-0.05, 0) is 49.4 Å². The van der Waals surface area contributed by atoms with Gasteiger partial charge in [0.1, 0.15) is 6.04 Å². The Morgan fingerprint density at radius 3 is 2.31 bits per heavy atom. The molecule has 0 saturated carbocycles. The molecule has 1 aliphatic rings. The Morgan fingerprint density at radius 1 is 0.971 bits per heavy atom. The van der Waals surface area contributed by atoms with Gasteiger partial charge in [-0.2, -0.15) is 13.2 Å². The van der Waals surface area contributed by atoms with Crippen molar-refractivity contribution in [3.8, 4) is 0 Å². The number of nitrogens with one attached hydrogen (secondary N) is 2. The van der Waals surface area contributed by atoms with E-state index in [2.05, 4.69) is 10.6 Å². The minimum Gasteiger partial charge on any atom is -0.343 e. The number of benzene rings is 2. The summed E-state index contributed by atoms with van der Waals surface area (Å²) in [5.74, 6) is -1.57. The first kappa shape index (κ1) is 26.2. The topological polar surface area (TPSA) is 105 Å². The predicted octanol–water partition coefficient (Wildman–Crippen LogP) is 3.10. The monoisotopic (exact) mass is 490 g/mol. The second kappa shape index (κ2) is 11.8. The lowest BCUT2D eigenvalue weighted by Crippen LogP contribution is -2.51. The molecule has 2 aromatic rings. The number of rotatable bonds is 9. The fraction of sp³-hybridized carbons (Fsp3) is 0.400. The van der Waals surface area contributed by atoms with Crippen molar-refractivity contribution < 1.29 is 27.6 Å². The van der Waals surface area contributed by atoms with Crippen LogP contribution in [0, 0.1) is 0 Å². The van der Waals surface area contributed by atoms with E-state index < -0.39 is 35.6 Å². The van der Waals surface area contributed by atoms with E-state index in [0.717, 1.165) is 30.5 Å². The molecular formula is C25H29F3N4O3. The predicted molar refractivity (Wildman–Crippen MR) is 125 cm³/mol. The molecule has 0 aromatic heterocycles. The summed E-state index contributed by atoms with van der Waals surface area (Å²) in [6.45, 7) is 1.26. The largest absolute Gasteiger partial charge is 0.416 e. The Hall–Kier alpha value is -3.40. The van der Waals surface area contributed by atoms with E-state index >= 15 is 0 Å². The van der Waals surface area contributed by atoms with Crippen molar-refractivity contribution in [3.05, 3.63) is 65.7 Å². The summed E-state index contributed by atoms with van der Waals surface area (Å²) in [6.07, 6.45) is -2.31. The second-order valence-corrected chi connectivity index (χ2v) is 8.55. The molecule has 4 N–H and O–H groups in total. The number of nitrogens with zero attached hydrogens (tertiary/aromatic N) is 1. The van der Waals surface area contributed by atoms with Crippen LogP contribution in [0.15, 0.2) is 54.6 Å². The van der Waals surface area contributed by atoms with Gasteiger partial charge in [0.2, 0.25) is 17.7 Å². The lowest BCUT2D eigenvalue weighted by atomic mass is 10.0. The van der Waals surface area contributed by atoms with Crippen molar-refractivity contribution in [2.24, 2.45) is 5.73 Å². The van der Waals surface area contributed by atoms with Crippen molar-refractivity contribution in [3.63, 3.8) is 0 Å². The van der Waals surface area contributed by atoms with E-state index in [1.165, 1.54) is 12.1 Å². The van der Waals surface area contributed by atoms with E-state index in [1.807, 2.05) is 30.3 Å². The van der Waals surface area contributed by atoms with Crippen LogP contribution in [0.1, 0.15) is 36.8 Å². The number of alkyl halides is 3. The van der Waals surface area contributed by atoms with Crippen LogP contribution in [-0.4, -0.2) is 47.8 Å². The molecular weight excluding hydrogens is 461 g/mol. The molecule has 0 unspecified atom stereocenters. The summed E-state index contributed by atoms with van der Waals surface area (Å²) >= 11 is 0. The molecule has 2 aromatic carbocycles. The Labute approximate surface area is 201 Å². The zero-order valence-electron chi connectivity index (χ0n) is 19.2. The summed E-state index contributed by atoms with van der Waals surface area (Å²) < 4.78 is 39.1. The first-order valence-corrected chi connectivity index (χ1v) is 11.5. The maximum Gasteiger partial charge on any atom is 0.416 e. The lowest BCUT2D eigenvalue weighted by Gasteiger charge is -2.22. The molecule has 3 rings (SSSR count). The van der Waals surface area contributed by atoms with E-state index in [4.69, 9.17) is 5.73 Å². The number of hydrogen-bond donors (Lipinski definition) is 3. The Kier molecular flexibility index (Phi) is 8.86. The fourth-order valence-electron chi connectivity index (χ4n) is 3.88. The molecule has 1 fully saturated rings. The highest BCUT2D eigenvalue weighted by atomic mass is 19.4. The highest BCUT2D eigenvalue weighted by Crippen LogP contribution is 2.30. The molecule has 0 spiro atoms. The van der Waals surface area contributed by atoms with Gasteiger partial charge in [-0.3, -0.25) is 14.4 Å². The van der Waals surface area contributed by atoms with Crippen LogP contribution >= 0.6 is 0 Å². The van der Waals surface area contributed by atoms with E-state index in [9.17, 15) is 27.6 Å². The molecule has 1 aliphatic heterocycles. The van der Waals surface area contributed by atoms with Gasteiger partial charge in [0, 0.05) is 18.8 Å². The molecule has 2 atom stereocenters. The molecule has 3 amide bonds. The van der Waals surface area contributed by atoms with Gasteiger partial charge in [-0.25, -0.2) is 0 Å². The third-order valence-electron chi connectivity index (χ3n) is 5.84. The highest BCUT2D eigenvalue weighted by Gasteiger charge is 2.31. The van der Waals surface area contributed by atoms with Crippen molar-refractivity contribution in [1.29, 1.82) is 0 Å². The van der Waals surface area contributed by atoms with Gasteiger partial charge in [0.05, 0.1) is 18.0 Å². The number of amides is 3. The fourth-order valence-corrected chi connectivity index (χ4v) is 3.88. The molecule has 1 heterocycles. The van der Waals surface area contributed by atoms with Gasteiger partial charge in [0.15, 0.2) is 0 Å². The maximum atomic E-state index is 13.0. The molecule has 0 aliphatic carbocycles. The number of aryl methyl sites for hydroxylation is 1. The number of hydrogen-bond acceptors (Lipinski definition) is 4. The zero-order valence-corrected chi connectivity index (χ0v) is 19.2. The average molecular weight is 491 g/mol. The van der Waals surface area contributed by atoms with Crippen LogP contribution in [0.5, 0.6) is 0 Å². The van der Waals surface area contributed by atoms with Crippen molar-refractivity contribution in [2.75, 3.05) is 18.4 Å². The normalized spacial score (nSPS) is 15.4. The number of nitrogens with two attached hydrogens (primary N) is 1. The summed E-state index contributed by atoms with van der Waals surface area (Å²) in [4.78, 5) is 39.7. The standard InChI is InChI=1S/C25H29F3N4O3/c26-25(27,28)18-9-6-10-19(15-18)30-24(35)21(12-11-17-7-2-1-3-8-17)31-23(34)20(29)16-22(33)32-13-4-5-14-32/h1-3,6-10,15,20-21H,4-5,11-14,16,29H2,(H,30,35)(H,31,34)/t20-,21-/m0/s1. The third kappa shape index (κ3) is 7.81. The van der Waals surface area contributed by atoms with E-state index in [0.29, 0.717) is 19.5 Å². The van der Waals surface area contributed by atoms with Gasteiger partial charge in [0.25, 0.3) is 0 Å². The molecule has 0 bridgehead atoms. The number of carbonyl (C=O) groups is 3. The first-order chi connectivity index (χ1) is 16.6. The molecule has 10 heteroatoms. The van der Waals surface area contributed by atoms with Crippen LogP contribution in [-0.2, 0) is 27.0 Å². The zero-order chi connectivity index (χ0) is 25.4. The minimum absolute atomic E-state index is 0.0442. The SMILES string of the molecule is N[C@@H](CC(=O)N1CCCC1)C(=O)N[C@@H](CCc1ccccc1)C(=O)Nc1cccc(C(F)(F)F)c1.